The molecule has 7 nitrogen and oxygen atoms in total. The van der Waals surface area contributed by atoms with E-state index in [1.807, 2.05) is 32.4 Å². The highest BCUT2D eigenvalue weighted by Gasteiger charge is 2.38. The van der Waals surface area contributed by atoms with Crippen molar-refractivity contribution in [1.29, 1.82) is 0 Å². The number of sulfonamides is 1. The standard InChI is InChI=1S/C18H26ClN3O4S/c1-10(2)13-8-12(19)9-14(11(3)4)17(13)20-18(24)21-27(25,26)16-7-6-15(23)22(16)5/h8-11,16H,6-7H2,1-5H3,(H2,20,21,24). The fraction of sp³-hybridized carbons (Fsp3) is 0.556. The van der Waals surface area contributed by atoms with E-state index >= 15 is 0 Å². The lowest BCUT2D eigenvalue weighted by Gasteiger charge is -2.23. The van der Waals surface area contributed by atoms with Gasteiger partial charge in [0.2, 0.25) is 5.91 Å². The number of carbonyl (C=O) groups is 2. The Labute approximate surface area is 165 Å². The van der Waals surface area contributed by atoms with Crippen molar-refractivity contribution in [3.05, 3.63) is 28.3 Å². The lowest BCUT2D eigenvalue weighted by Crippen LogP contribution is -2.46. The summed E-state index contributed by atoms with van der Waals surface area (Å²) in [5, 5.41) is 2.20. The Hall–Kier alpha value is -1.80. The lowest BCUT2D eigenvalue weighted by atomic mass is 9.92. The Kier molecular flexibility index (Phi) is 6.42. The predicted molar refractivity (Wildman–Crippen MR) is 106 cm³/mol. The molecule has 0 saturated carbocycles. The molecule has 1 aliphatic heterocycles. The van der Waals surface area contributed by atoms with Crippen LogP contribution in [0.5, 0.6) is 0 Å². The maximum absolute atomic E-state index is 12.5. The summed E-state index contributed by atoms with van der Waals surface area (Å²) in [7, 11) is -2.60. The summed E-state index contributed by atoms with van der Waals surface area (Å²) in [4.78, 5) is 25.2. The van der Waals surface area contributed by atoms with Gasteiger partial charge in [0.25, 0.3) is 10.0 Å². The highest BCUT2D eigenvalue weighted by molar-refractivity contribution is 7.90. The second-order valence-corrected chi connectivity index (χ2v) is 9.64. The molecule has 9 heteroatoms. The minimum absolute atomic E-state index is 0.0756. The summed E-state index contributed by atoms with van der Waals surface area (Å²) >= 11 is 6.21. The number of urea groups is 1. The van der Waals surface area contributed by atoms with E-state index in [9.17, 15) is 18.0 Å². The Morgan fingerprint density at radius 1 is 1.19 bits per heavy atom. The summed E-state index contributed by atoms with van der Waals surface area (Å²) in [6.45, 7) is 7.87. The molecule has 2 N–H and O–H groups in total. The molecule has 1 aromatic rings. The van der Waals surface area contributed by atoms with Crippen LogP contribution in [-0.2, 0) is 14.8 Å². The smallest absolute Gasteiger partial charge is 0.327 e. The van der Waals surface area contributed by atoms with Crippen molar-refractivity contribution >= 4 is 39.2 Å². The van der Waals surface area contributed by atoms with Crippen LogP contribution >= 0.6 is 11.6 Å². The van der Waals surface area contributed by atoms with E-state index in [2.05, 4.69) is 5.32 Å². The first kappa shape index (κ1) is 21.5. The van der Waals surface area contributed by atoms with Crippen molar-refractivity contribution in [2.45, 2.75) is 57.7 Å². The van der Waals surface area contributed by atoms with Crippen molar-refractivity contribution in [2.75, 3.05) is 12.4 Å². The first-order valence-electron chi connectivity index (χ1n) is 8.85. The second-order valence-electron chi connectivity index (χ2n) is 7.37. The van der Waals surface area contributed by atoms with E-state index < -0.39 is 21.4 Å². The van der Waals surface area contributed by atoms with Crippen molar-refractivity contribution < 1.29 is 18.0 Å². The number of hydrogen-bond donors (Lipinski definition) is 2. The molecule has 1 unspecified atom stereocenters. The second kappa shape index (κ2) is 8.06. The molecular formula is C18H26ClN3O4S. The normalized spacial score (nSPS) is 17.7. The fourth-order valence-corrected chi connectivity index (χ4v) is 4.82. The number of amides is 3. The van der Waals surface area contributed by atoms with Crippen LogP contribution in [0.3, 0.4) is 0 Å². The Morgan fingerprint density at radius 3 is 2.11 bits per heavy atom. The van der Waals surface area contributed by atoms with Crippen molar-refractivity contribution in [2.24, 2.45) is 0 Å². The molecule has 1 saturated heterocycles. The van der Waals surface area contributed by atoms with Gasteiger partial charge in [0.15, 0.2) is 5.37 Å². The number of hydrogen-bond acceptors (Lipinski definition) is 4. The number of halogens is 1. The first-order chi connectivity index (χ1) is 12.4. The average Bonchev–Trinajstić information content (AvgIpc) is 2.87. The molecule has 0 radical (unpaired) electrons. The predicted octanol–water partition coefficient (Wildman–Crippen LogP) is 3.62. The van der Waals surface area contributed by atoms with Crippen molar-refractivity contribution in [3.8, 4) is 0 Å². The van der Waals surface area contributed by atoms with E-state index in [4.69, 9.17) is 11.6 Å². The summed E-state index contributed by atoms with van der Waals surface area (Å²) in [6, 6.07) is 2.69. The summed E-state index contributed by atoms with van der Waals surface area (Å²) in [5.41, 5.74) is 2.21. The number of nitrogens with one attached hydrogen (secondary N) is 2. The zero-order valence-corrected chi connectivity index (χ0v) is 17.7. The number of likely N-dealkylation sites (tertiary alicyclic amines) is 1. The van der Waals surface area contributed by atoms with Gasteiger partial charge in [-0.3, -0.25) is 4.79 Å². The van der Waals surface area contributed by atoms with Gasteiger partial charge in [-0.05, 0) is 41.5 Å². The Morgan fingerprint density at radius 2 is 1.70 bits per heavy atom. The monoisotopic (exact) mass is 415 g/mol. The summed E-state index contributed by atoms with van der Waals surface area (Å²) < 4.78 is 27.0. The van der Waals surface area contributed by atoms with Crippen molar-refractivity contribution in [1.82, 2.24) is 9.62 Å². The van der Waals surface area contributed by atoms with Crippen LogP contribution in [0, 0.1) is 0 Å². The van der Waals surface area contributed by atoms with Gasteiger partial charge in [-0.25, -0.2) is 17.9 Å². The maximum Gasteiger partial charge on any atom is 0.332 e. The molecule has 0 aromatic heterocycles. The van der Waals surface area contributed by atoms with Crippen molar-refractivity contribution in [3.63, 3.8) is 0 Å². The summed E-state index contributed by atoms with van der Waals surface area (Å²) in [5.74, 6) is -0.105. The molecule has 2 rings (SSSR count). The Balaban J connectivity index is 2.29. The quantitative estimate of drug-likeness (QED) is 0.767. The van der Waals surface area contributed by atoms with Gasteiger partial charge in [-0.1, -0.05) is 39.3 Å². The van der Waals surface area contributed by atoms with E-state index in [1.54, 1.807) is 12.1 Å². The molecule has 1 atom stereocenters. The molecule has 150 valence electrons. The topological polar surface area (TPSA) is 95.6 Å². The molecule has 3 amide bonds. The van der Waals surface area contributed by atoms with E-state index in [-0.39, 0.29) is 30.6 Å². The first-order valence-corrected chi connectivity index (χ1v) is 10.8. The van der Waals surface area contributed by atoms with E-state index in [0.29, 0.717) is 10.7 Å². The molecule has 1 heterocycles. The zero-order chi connectivity index (χ0) is 20.5. The van der Waals surface area contributed by atoms with Crippen LogP contribution in [0.1, 0.15) is 63.5 Å². The zero-order valence-electron chi connectivity index (χ0n) is 16.2. The van der Waals surface area contributed by atoms with E-state index in [1.165, 1.54) is 7.05 Å². The third kappa shape index (κ3) is 4.73. The van der Waals surface area contributed by atoms with Gasteiger partial charge >= 0.3 is 6.03 Å². The molecule has 0 bridgehead atoms. The van der Waals surface area contributed by atoms with Crippen LogP contribution in [0.2, 0.25) is 5.02 Å². The fourth-order valence-electron chi connectivity index (χ4n) is 3.18. The lowest BCUT2D eigenvalue weighted by molar-refractivity contribution is -0.126. The highest BCUT2D eigenvalue weighted by Crippen LogP contribution is 2.35. The number of nitrogens with zero attached hydrogens (tertiary/aromatic N) is 1. The number of benzene rings is 1. The Bertz CT molecular complexity index is 823. The maximum atomic E-state index is 12.5. The van der Waals surface area contributed by atoms with Gasteiger partial charge in [-0.2, -0.15) is 0 Å². The summed E-state index contributed by atoms with van der Waals surface area (Å²) in [6.07, 6.45) is 0.309. The third-order valence-corrected chi connectivity index (χ3v) is 6.63. The molecule has 1 aromatic carbocycles. The van der Waals surface area contributed by atoms with Crippen LogP contribution < -0.4 is 10.0 Å². The highest BCUT2D eigenvalue weighted by atomic mass is 35.5. The molecule has 27 heavy (non-hydrogen) atoms. The largest absolute Gasteiger partial charge is 0.332 e. The molecular weight excluding hydrogens is 390 g/mol. The van der Waals surface area contributed by atoms with Crippen LogP contribution in [0.15, 0.2) is 12.1 Å². The third-order valence-electron chi connectivity index (χ3n) is 4.67. The SMILES string of the molecule is CC(C)c1cc(Cl)cc(C(C)C)c1NC(=O)NS(=O)(=O)C1CCC(=O)N1C. The minimum Gasteiger partial charge on any atom is -0.327 e. The van der Waals surface area contributed by atoms with Crippen LogP contribution in [0.4, 0.5) is 10.5 Å². The van der Waals surface area contributed by atoms with Gasteiger partial charge in [-0.15, -0.1) is 0 Å². The van der Waals surface area contributed by atoms with Gasteiger partial charge in [0, 0.05) is 24.2 Å². The van der Waals surface area contributed by atoms with Crippen LogP contribution in [-0.4, -0.2) is 37.7 Å². The average molecular weight is 416 g/mol. The van der Waals surface area contributed by atoms with Gasteiger partial charge in [0.1, 0.15) is 0 Å². The number of rotatable bonds is 5. The van der Waals surface area contributed by atoms with Gasteiger partial charge < -0.3 is 10.2 Å². The molecule has 0 aliphatic carbocycles. The molecule has 0 spiro atoms. The van der Waals surface area contributed by atoms with Gasteiger partial charge in [0.05, 0.1) is 0 Å². The molecule has 1 aliphatic rings. The minimum atomic E-state index is -4.02. The molecule has 1 fully saturated rings. The van der Waals surface area contributed by atoms with Crippen LogP contribution in [0.25, 0.3) is 0 Å². The number of carbonyl (C=O) groups excluding carboxylic acids is 2. The van der Waals surface area contributed by atoms with E-state index in [0.717, 1.165) is 16.0 Å². The number of anilines is 1.